The lowest BCUT2D eigenvalue weighted by atomic mass is 9.99. The Morgan fingerprint density at radius 1 is 1.12 bits per heavy atom. The maximum absolute atomic E-state index is 13.3. The van der Waals surface area contributed by atoms with Gasteiger partial charge in [0.2, 0.25) is 0 Å². The SMILES string of the molecule is CCOc1ccc2nc(N3C(=O)C(=O)C(=C(O)c4ccc(C)cc4)C3c3ccc(C)o3)sc2c1. The Labute approximate surface area is 199 Å². The lowest BCUT2D eigenvalue weighted by Crippen LogP contribution is -2.29. The average molecular weight is 475 g/mol. The van der Waals surface area contributed by atoms with Gasteiger partial charge in [-0.05, 0) is 51.1 Å². The fraction of sp³-hybridized carbons (Fsp3) is 0.192. The van der Waals surface area contributed by atoms with E-state index in [-0.39, 0.29) is 11.3 Å². The van der Waals surface area contributed by atoms with Gasteiger partial charge in [0.15, 0.2) is 5.13 Å². The quantitative estimate of drug-likeness (QED) is 0.232. The zero-order chi connectivity index (χ0) is 24.0. The van der Waals surface area contributed by atoms with Gasteiger partial charge in [0.1, 0.15) is 29.1 Å². The maximum atomic E-state index is 13.3. The van der Waals surface area contributed by atoms with Crippen molar-refractivity contribution < 1.29 is 23.8 Å². The number of aromatic nitrogens is 1. The number of fused-ring (bicyclic) bond motifs is 1. The number of nitrogens with zero attached hydrogens (tertiary/aromatic N) is 2. The molecule has 1 fully saturated rings. The number of rotatable bonds is 5. The molecule has 0 spiro atoms. The van der Waals surface area contributed by atoms with Gasteiger partial charge in [0.05, 0.1) is 22.4 Å². The number of ketones is 1. The van der Waals surface area contributed by atoms with Crippen LogP contribution in [0, 0.1) is 13.8 Å². The molecule has 1 aliphatic heterocycles. The van der Waals surface area contributed by atoms with Crippen molar-refractivity contribution in [1.29, 1.82) is 0 Å². The normalized spacial score (nSPS) is 17.6. The van der Waals surface area contributed by atoms with Crippen molar-refractivity contribution in [2.45, 2.75) is 26.8 Å². The van der Waals surface area contributed by atoms with Gasteiger partial charge < -0.3 is 14.3 Å². The molecule has 34 heavy (non-hydrogen) atoms. The molecule has 1 amide bonds. The minimum atomic E-state index is -0.943. The van der Waals surface area contributed by atoms with Crippen LogP contribution in [0.15, 0.2) is 64.6 Å². The summed E-state index contributed by atoms with van der Waals surface area (Å²) in [5.41, 5.74) is 2.11. The Morgan fingerprint density at radius 3 is 2.56 bits per heavy atom. The summed E-state index contributed by atoms with van der Waals surface area (Å²) >= 11 is 1.27. The van der Waals surface area contributed by atoms with E-state index in [1.807, 2.05) is 44.2 Å². The molecule has 0 radical (unpaired) electrons. The van der Waals surface area contributed by atoms with Crippen molar-refractivity contribution >= 4 is 44.1 Å². The molecule has 2 aromatic carbocycles. The number of aryl methyl sites for hydroxylation is 2. The molecule has 172 valence electrons. The smallest absolute Gasteiger partial charge is 0.302 e. The summed E-state index contributed by atoms with van der Waals surface area (Å²) < 4.78 is 12.2. The molecule has 0 bridgehead atoms. The molecule has 1 atom stereocenters. The van der Waals surface area contributed by atoms with E-state index in [0.717, 1.165) is 10.3 Å². The van der Waals surface area contributed by atoms with Crippen LogP contribution < -0.4 is 9.64 Å². The molecule has 0 saturated carbocycles. The van der Waals surface area contributed by atoms with E-state index in [1.165, 1.54) is 16.2 Å². The Hall–Kier alpha value is -3.91. The summed E-state index contributed by atoms with van der Waals surface area (Å²) in [6, 6.07) is 15.1. The highest BCUT2D eigenvalue weighted by Crippen LogP contribution is 2.45. The molecule has 1 unspecified atom stereocenters. The number of anilines is 1. The summed E-state index contributed by atoms with van der Waals surface area (Å²) in [5.74, 6) is -0.103. The third-order valence-electron chi connectivity index (χ3n) is 5.67. The summed E-state index contributed by atoms with van der Waals surface area (Å²) in [4.78, 5) is 32.4. The second-order valence-corrected chi connectivity index (χ2v) is 9.05. The Kier molecular flexibility index (Phi) is 5.45. The Morgan fingerprint density at radius 2 is 1.88 bits per heavy atom. The van der Waals surface area contributed by atoms with E-state index in [9.17, 15) is 14.7 Å². The number of hydrogen-bond acceptors (Lipinski definition) is 7. The first-order valence-corrected chi connectivity index (χ1v) is 11.7. The highest BCUT2D eigenvalue weighted by atomic mass is 32.1. The van der Waals surface area contributed by atoms with E-state index in [4.69, 9.17) is 9.15 Å². The van der Waals surface area contributed by atoms with Gasteiger partial charge in [-0.1, -0.05) is 41.2 Å². The van der Waals surface area contributed by atoms with E-state index in [0.29, 0.717) is 40.1 Å². The number of hydrogen-bond donors (Lipinski definition) is 1. The number of carbonyl (C=O) groups excluding carboxylic acids is 2. The van der Waals surface area contributed by atoms with Crippen LogP contribution in [-0.4, -0.2) is 28.4 Å². The van der Waals surface area contributed by atoms with E-state index in [1.54, 1.807) is 31.2 Å². The van der Waals surface area contributed by atoms with Crippen molar-refractivity contribution in [3.63, 3.8) is 0 Å². The average Bonchev–Trinajstić information content (AvgIpc) is 3.50. The molecule has 3 heterocycles. The Bertz CT molecular complexity index is 1450. The van der Waals surface area contributed by atoms with Crippen LogP contribution in [0.2, 0.25) is 0 Å². The predicted octanol–water partition coefficient (Wildman–Crippen LogP) is 5.53. The van der Waals surface area contributed by atoms with Crippen molar-refractivity contribution in [3.05, 3.63) is 82.8 Å². The third-order valence-corrected chi connectivity index (χ3v) is 6.68. The second kappa shape index (κ2) is 8.46. The zero-order valence-corrected chi connectivity index (χ0v) is 19.7. The van der Waals surface area contributed by atoms with Crippen LogP contribution in [0.25, 0.3) is 16.0 Å². The number of furan rings is 1. The minimum Gasteiger partial charge on any atom is -0.507 e. The molecule has 1 saturated heterocycles. The first kappa shape index (κ1) is 21.9. The van der Waals surface area contributed by atoms with Gasteiger partial charge in [0, 0.05) is 5.56 Å². The number of amides is 1. The lowest BCUT2D eigenvalue weighted by molar-refractivity contribution is -0.132. The first-order chi connectivity index (χ1) is 16.4. The van der Waals surface area contributed by atoms with Crippen LogP contribution >= 0.6 is 11.3 Å². The van der Waals surface area contributed by atoms with Gasteiger partial charge in [-0.3, -0.25) is 14.5 Å². The maximum Gasteiger partial charge on any atom is 0.302 e. The topological polar surface area (TPSA) is 92.9 Å². The number of ether oxygens (including phenoxy) is 1. The fourth-order valence-electron chi connectivity index (χ4n) is 4.02. The molecule has 5 rings (SSSR count). The first-order valence-electron chi connectivity index (χ1n) is 10.8. The molecular weight excluding hydrogens is 452 g/mol. The van der Waals surface area contributed by atoms with Crippen LogP contribution in [0.5, 0.6) is 5.75 Å². The van der Waals surface area contributed by atoms with E-state index < -0.39 is 17.7 Å². The molecule has 1 N–H and O–H groups in total. The molecule has 8 heteroatoms. The second-order valence-electron chi connectivity index (χ2n) is 8.04. The number of thiazole rings is 1. The number of aliphatic hydroxyl groups is 1. The van der Waals surface area contributed by atoms with Crippen LogP contribution in [0.4, 0.5) is 5.13 Å². The standard InChI is InChI=1S/C26H22N2O5S/c1-4-32-17-10-11-18-20(13-17)34-26(27-18)28-22(19-12-7-15(3)33-19)21(24(30)25(28)31)23(29)16-8-5-14(2)6-9-16/h5-13,22,29H,4H2,1-3H3. The number of Topliss-reactive ketones (excluding diaryl/α,β-unsaturated/α-hetero) is 1. The summed E-state index contributed by atoms with van der Waals surface area (Å²) in [6.07, 6.45) is 0. The Balaban J connectivity index is 1.68. The van der Waals surface area contributed by atoms with E-state index in [2.05, 4.69) is 4.98 Å². The zero-order valence-electron chi connectivity index (χ0n) is 18.9. The molecule has 1 aliphatic rings. The van der Waals surface area contributed by atoms with E-state index >= 15 is 0 Å². The van der Waals surface area contributed by atoms with Crippen LogP contribution in [0.3, 0.4) is 0 Å². The molecule has 0 aliphatic carbocycles. The number of aliphatic hydroxyl groups excluding tert-OH is 1. The van der Waals surface area contributed by atoms with Crippen molar-refractivity contribution in [3.8, 4) is 5.75 Å². The molecular formula is C26H22N2O5S. The number of benzene rings is 2. The predicted molar refractivity (Wildman–Crippen MR) is 130 cm³/mol. The van der Waals surface area contributed by atoms with Gasteiger partial charge in [0.25, 0.3) is 5.78 Å². The fourth-order valence-corrected chi connectivity index (χ4v) is 5.04. The van der Waals surface area contributed by atoms with Crippen molar-refractivity contribution in [2.24, 2.45) is 0 Å². The van der Waals surface area contributed by atoms with Gasteiger partial charge in [-0.25, -0.2) is 4.98 Å². The molecule has 7 nitrogen and oxygen atoms in total. The monoisotopic (exact) mass is 474 g/mol. The van der Waals surface area contributed by atoms with Gasteiger partial charge in [-0.2, -0.15) is 0 Å². The summed E-state index contributed by atoms with van der Waals surface area (Å²) in [5, 5.41) is 11.5. The largest absolute Gasteiger partial charge is 0.507 e. The van der Waals surface area contributed by atoms with Crippen LogP contribution in [0.1, 0.15) is 35.6 Å². The summed E-state index contributed by atoms with van der Waals surface area (Å²) in [7, 11) is 0. The molecule has 4 aromatic rings. The summed E-state index contributed by atoms with van der Waals surface area (Å²) in [6.45, 7) is 6.14. The highest BCUT2D eigenvalue weighted by molar-refractivity contribution is 7.22. The third kappa shape index (κ3) is 3.66. The minimum absolute atomic E-state index is 0.0301. The van der Waals surface area contributed by atoms with Crippen molar-refractivity contribution in [2.75, 3.05) is 11.5 Å². The molecule has 2 aromatic heterocycles. The van der Waals surface area contributed by atoms with Crippen molar-refractivity contribution in [1.82, 2.24) is 4.98 Å². The van der Waals surface area contributed by atoms with Crippen LogP contribution in [-0.2, 0) is 9.59 Å². The highest BCUT2D eigenvalue weighted by Gasteiger charge is 2.49. The number of carbonyl (C=O) groups is 2. The van der Waals surface area contributed by atoms with Gasteiger partial charge in [-0.15, -0.1) is 0 Å². The van der Waals surface area contributed by atoms with Gasteiger partial charge >= 0.3 is 5.91 Å². The lowest BCUT2D eigenvalue weighted by Gasteiger charge is -2.20.